The van der Waals surface area contributed by atoms with E-state index in [-0.39, 0.29) is 0 Å². The second kappa shape index (κ2) is 5.43. The molecule has 4 nitrogen and oxygen atoms in total. The van der Waals surface area contributed by atoms with Crippen LogP contribution < -0.4 is 4.72 Å². The number of halogens is 4. The number of hydrogen-bond acceptors (Lipinski definition) is 3. The molecule has 9 heteroatoms. The fourth-order valence-electron chi connectivity index (χ4n) is 1.03. The van der Waals surface area contributed by atoms with E-state index in [1.54, 1.807) is 4.72 Å². The van der Waals surface area contributed by atoms with E-state index in [2.05, 4.69) is 0 Å². The Kier molecular flexibility index (Phi) is 4.60. The molecule has 0 saturated heterocycles. The van der Waals surface area contributed by atoms with Crippen LogP contribution in [0, 0.1) is 5.82 Å². The van der Waals surface area contributed by atoms with E-state index in [0.29, 0.717) is 0 Å². The minimum absolute atomic E-state index is 0.421. The Bertz CT molecular complexity index is 536. The number of benzene rings is 1. The predicted molar refractivity (Wildman–Crippen MR) is 58.6 cm³/mol. The van der Waals surface area contributed by atoms with Crippen LogP contribution in [0.3, 0.4) is 0 Å². The lowest BCUT2D eigenvalue weighted by Crippen LogP contribution is -2.39. The number of sulfonamides is 1. The molecule has 0 aliphatic carbocycles. The third-order valence-corrected chi connectivity index (χ3v) is 3.82. The highest BCUT2D eigenvalue weighted by Gasteiger charge is 2.30. The molecule has 18 heavy (non-hydrogen) atoms. The maximum absolute atomic E-state index is 12.7. The van der Waals surface area contributed by atoms with Crippen molar-refractivity contribution in [2.75, 3.05) is 13.2 Å². The molecular formula is C9H9ClF3NO3S. The lowest BCUT2D eigenvalue weighted by Gasteiger charge is -2.14. The molecule has 0 amide bonds. The molecule has 0 aliphatic rings. The van der Waals surface area contributed by atoms with Crippen molar-refractivity contribution in [2.24, 2.45) is 0 Å². The molecular weight excluding hydrogens is 295 g/mol. The van der Waals surface area contributed by atoms with Crippen LogP contribution in [0.4, 0.5) is 13.2 Å². The molecule has 0 spiro atoms. The minimum Gasteiger partial charge on any atom is -0.390 e. The first-order valence-electron chi connectivity index (χ1n) is 4.61. The average Bonchev–Trinajstić information content (AvgIpc) is 2.26. The maximum atomic E-state index is 12.7. The summed E-state index contributed by atoms with van der Waals surface area (Å²) < 4.78 is 62.9. The Morgan fingerprint density at radius 2 is 2.00 bits per heavy atom. The average molecular weight is 304 g/mol. The Morgan fingerprint density at radius 3 is 2.50 bits per heavy atom. The first-order chi connectivity index (χ1) is 8.18. The fourth-order valence-corrected chi connectivity index (χ4v) is 2.62. The Hall–Kier alpha value is -0.830. The topological polar surface area (TPSA) is 66.4 Å². The first-order valence-corrected chi connectivity index (χ1v) is 6.47. The van der Waals surface area contributed by atoms with E-state index in [0.717, 1.165) is 18.2 Å². The summed E-state index contributed by atoms with van der Waals surface area (Å²) in [5.74, 6) is -4.33. The summed E-state index contributed by atoms with van der Waals surface area (Å²) in [5.41, 5.74) is 0. The van der Waals surface area contributed by atoms with Gasteiger partial charge >= 0.3 is 0 Å². The molecule has 0 bridgehead atoms. The number of aliphatic hydroxyl groups is 1. The molecule has 0 radical (unpaired) electrons. The number of rotatable bonds is 5. The van der Waals surface area contributed by atoms with Crippen LogP contribution in [0.2, 0.25) is 5.02 Å². The first kappa shape index (κ1) is 15.2. The van der Waals surface area contributed by atoms with Gasteiger partial charge in [0.1, 0.15) is 17.3 Å². The molecule has 1 aromatic rings. The lowest BCUT2D eigenvalue weighted by atomic mass is 10.3. The summed E-state index contributed by atoms with van der Waals surface area (Å²) in [5, 5.41) is 7.87. The molecule has 0 unspecified atom stereocenters. The summed E-state index contributed by atoms with van der Waals surface area (Å²) in [6.45, 7) is -2.77. The summed E-state index contributed by atoms with van der Waals surface area (Å²) in [7, 11) is -4.29. The monoisotopic (exact) mass is 303 g/mol. The van der Waals surface area contributed by atoms with Gasteiger partial charge in [-0.2, -0.15) is 0 Å². The molecule has 0 saturated carbocycles. The maximum Gasteiger partial charge on any atom is 0.283 e. The summed E-state index contributed by atoms with van der Waals surface area (Å²) >= 11 is 5.50. The largest absolute Gasteiger partial charge is 0.390 e. The predicted octanol–water partition coefficient (Wildman–Crippen LogP) is 1.39. The van der Waals surface area contributed by atoms with Gasteiger partial charge in [-0.25, -0.2) is 26.3 Å². The zero-order chi connectivity index (χ0) is 14.0. The number of nitrogens with one attached hydrogen (secondary N) is 1. The van der Waals surface area contributed by atoms with Gasteiger partial charge in [0, 0.05) is 0 Å². The second-order valence-corrected chi connectivity index (χ2v) is 5.56. The van der Waals surface area contributed by atoms with Crippen molar-refractivity contribution in [1.82, 2.24) is 4.72 Å². The highest BCUT2D eigenvalue weighted by Crippen LogP contribution is 2.22. The second-order valence-electron chi connectivity index (χ2n) is 3.41. The van der Waals surface area contributed by atoms with Crippen LogP contribution in [0.15, 0.2) is 23.1 Å². The highest BCUT2D eigenvalue weighted by molar-refractivity contribution is 7.89. The molecule has 0 heterocycles. The van der Waals surface area contributed by atoms with Gasteiger partial charge in [0.25, 0.3) is 5.92 Å². The molecule has 0 aliphatic heterocycles. The van der Waals surface area contributed by atoms with Gasteiger partial charge in [-0.1, -0.05) is 11.6 Å². The van der Waals surface area contributed by atoms with Gasteiger partial charge in [-0.15, -0.1) is 0 Å². The Morgan fingerprint density at radius 1 is 1.39 bits per heavy atom. The third-order valence-electron chi connectivity index (χ3n) is 1.94. The van der Waals surface area contributed by atoms with Gasteiger partial charge in [0.05, 0.1) is 11.6 Å². The van der Waals surface area contributed by atoms with Crippen molar-refractivity contribution in [3.05, 3.63) is 29.0 Å². The van der Waals surface area contributed by atoms with E-state index in [9.17, 15) is 21.6 Å². The van der Waals surface area contributed by atoms with E-state index in [1.807, 2.05) is 0 Å². The van der Waals surface area contributed by atoms with Crippen molar-refractivity contribution in [3.8, 4) is 0 Å². The Labute approximate surface area is 106 Å². The zero-order valence-electron chi connectivity index (χ0n) is 8.83. The van der Waals surface area contributed by atoms with Gasteiger partial charge in [0.15, 0.2) is 0 Å². The zero-order valence-corrected chi connectivity index (χ0v) is 10.4. The van der Waals surface area contributed by atoms with Crippen molar-refractivity contribution in [3.63, 3.8) is 0 Å². The van der Waals surface area contributed by atoms with Crippen molar-refractivity contribution >= 4 is 21.6 Å². The molecule has 0 atom stereocenters. The van der Waals surface area contributed by atoms with Crippen molar-refractivity contribution < 1.29 is 26.7 Å². The minimum atomic E-state index is -4.29. The summed E-state index contributed by atoms with van der Waals surface area (Å²) in [6.07, 6.45) is 0. The Balaban J connectivity index is 2.94. The van der Waals surface area contributed by atoms with Crippen LogP contribution in [0.5, 0.6) is 0 Å². The standard InChI is InChI=1S/C9H9ClF3NO3S/c10-7-3-6(11)1-2-8(7)18(16,17)14-4-9(12,13)5-15/h1-3,14-15H,4-5H2. The van der Waals surface area contributed by atoms with E-state index in [1.165, 1.54) is 0 Å². The highest BCUT2D eigenvalue weighted by atomic mass is 35.5. The van der Waals surface area contributed by atoms with E-state index in [4.69, 9.17) is 16.7 Å². The van der Waals surface area contributed by atoms with Crippen LogP contribution >= 0.6 is 11.6 Å². The fraction of sp³-hybridized carbons (Fsp3) is 0.333. The van der Waals surface area contributed by atoms with Crippen LogP contribution in [0.1, 0.15) is 0 Å². The summed E-state index contributed by atoms with van der Waals surface area (Å²) in [6, 6.07) is 2.45. The quantitative estimate of drug-likeness (QED) is 0.864. The molecule has 1 aromatic carbocycles. The number of alkyl halides is 2. The molecule has 102 valence electrons. The smallest absolute Gasteiger partial charge is 0.283 e. The van der Waals surface area contributed by atoms with Gasteiger partial charge in [-0.3, -0.25) is 0 Å². The van der Waals surface area contributed by atoms with Crippen molar-refractivity contribution in [2.45, 2.75) is 10.8 Å². The van der Waals surface area contributed by atoms with Crippen LogP contribution in [0.25, 0.3) is 0 Å². The molecule has 0 fully saturated rings. The lowest BCUT2D eigenvalue weighted by molar-refractivity contribution is -0.0437. The van der Waals surface area contributed by atoms with Crippen LogP contribution in [-0.2, 0) is 10.0 Å². The number of hydrogen-bond donors (Lipinski definition) is 2. The van der Waals surface area contributed by atoms with E-state index >= 15 is 0 Å². The molecule has 2 N–H and O–H groups in total. The molecule has 0 aromatic heterocycles. The van der Waals surface area contributed by atoms with Gasteiger partial charge in [0.2, 0.25) is 10.0 Å². The normalized spacial score (nSPS) is 12.7. The third kappa shape index (κ3) is 3.84. The van der Waals surface area contributed by atoms with E-state index < -0.39 is 44.8 Å². The van der Waals surface area contributed by atoms with Crippen LogP contribution in [-0.4, -0.2) is 32.6 Å². The summed E-state index contributed by atoms with van der Waals surface area (Å²) in [4.78, 5) is -0.515. The van der Waals surface area contributed by atoms with Gasteiger partial charge < -0.3 is 5.11 Å². The van der Waals surface area contributed by atoms with Crippen molar-refractivity contribution in [1.29, 1.82) is 0 Å². The molecule has 1 rings (SSSR count). The number of aliphatic hydroxyl groups excluding tert-OH is 1. The van der Waals surface area contributed by atoms with Gasteiger partial charge in [-0.05, 0) is 18.2 Å². The SMILES string of the molecule is O=S(=O)(NCC(F)(F)CO)c1ccc(F)cc1Cl.